The second-order valence-corrected chi connectivity index (χ2v) is 9.94. The van der Waals surface area contributed by atoms with Crippen molar-refractivity contribution in [1.82, 2.24) is 9.62 Å². The van der Waals surface area contributed by atoms with Gasteiger partial charge in [-0.2, -0.15) is 4.31 Å². The van der Waals surface area contributed by atoms with Gasteiger partial charge in [0.15, 0.2) is 0 Å². The van der Waals surface area contributed by atoms with Crippen molar-refractivity contribution in [3.63, 3.8) is 0 Å². The van der Waals surface area contributed by atoms with E-state index >= 15 is 0 Å². The number of aliphatic carboxylic acids is 1. The number of rotatable bonds is 6. The van der Waals surface area contributed by atoms with Crippen molar-refractivity contribution in [2.45, 2.75) is 43.9 Å². The zero-order valence-electron chi connectivity index (χ0n) is 14.6. The van der Waals surface area contributed by atoms with Crippen LogP contribution in [-0.4, -0.2) is 48.8 Å². The Bertz CT molecular complexity index is 743. The number of carbonyl (C=O) groups is 2. The largest absolute Gasteiger partial charge is 0.481 e. The molecule has 3 unspecified atom stereocenters. The molecule has 1 aromatic heterocycles. The smallest absolute Gasteiger partial charge is 0.308 e. The van der Waals surface area contributed by atoms with Crippen molar-refractivity contribution in [3.05, 3.63) is 17.0 Å². The van der Waals surface area contributed by atoms with Crippen LogP contribution in [0.1, 0.15) is 31.6 Å². The average Bonchev–Trinajstić information content (AvgIpc) is 3.01. The van der Waals surface area contributed by atoms with Crippen molar-refractivity contribution in [2.24, 2.45) is 11.8 Å². The van der Waals surface area contributed by atoms with E-state index in [4.69, 9.17) is 5.11 Å². The summed E-state index contributed by atoms with van der Waals surface area (Å²) in [6.45, 7) is 5.54. The number of piperidine rings is 1. The number of nitrogens with zero attached hydrogens (tertiary/aromatic N) is 1. The lowest BCUT2D eigenvalue weighted by Crippen LogP contribution is -2.48. The van der Waals surface area contributed by atoms with Gasteiger partial charge in [-0.15, -0.1) is 11.3 Å². The van der Waals surface area contributed by atoms with Crippen LogP contribution >= 0.6 is 11.3 Å². The van der Waals surface area contributed by atoms with Gasteiger partial charge < -0.3 is 10.4 Å². The summed E-state index contributed by atoms with van der Waals surface area (Å²) >= 11 is 1.22. The minimum Gasteiger partial charge on any atom is -0.481 e. The maximum absolute atomic E-state index is 12.7. The predicted octanol–water partition coefficient (Wildman–Crippen LogP) is 1.68. The van der Waals surface area contributed by atoms with Crippen molar-refractivity contribution < 1.29 is 23.1 Å². The Balaban J connectivity index is 2.05. The maximum atomic E-state index is 12.7. The fourth-order valence-electron chi connectivity index (χ4n) is 2.73. The third-order valence-corrected chi connectivity index (χ3v) is 7.91. The number of hydrogen-bond acceptors (Lipinski definition) is 5. The van der Waals surface area contributed by atoms with Gasteiger partial charge in [0.2, 0.25) is 5.91 Å². The molecule has 0 aromatic carbocycles. The van der Waals surface area contributed by atoms with E-state index in [-0.39, 0.29) is 12.5 Å². The second kappa shape index (κ2) is 7.84. The number of nitrogens with one attached hydrogen (secondary N) is 1. The highest BCUT2D eigenvalue weighted by molar-refractivity contribution is 7.91. The molecule has 0 radical (unpaired) electrons. The molecular weight excluding hydrogens is 364 g/mol. The summed E-state index contributed by atoms with van der Waals surface area (Å²) in [7, 11) is -3.59. The molecule has 0 spiro atoms. The highest BCUT2D eigenvalue weighted by atomic mass is 32.2. The Labute approximate surface area is 152 Å². The number of carboxylic acids is 1. The van der Waals surface area contributed by atoms with Gasteiger partial charge in [0.25, 0.3) is 10.0 Å². The zero-order valence-corrected chi connectivity index (χ0v) is 16.2. The fourth-order valence-corrected chi connectivity index (χ4v) is 5.70. The molecule has 0 aliphatic carbocycles. The van der Waals surface area contributed by atoms with Gasteiger partial charge in [-0.3, -0.25) is 9.59 Å². The van der Waals surface area contributed by atoms with Crippen LogP contribution < -0.4 is 5.32 Å². The molecule has 1 saturated heterocycles. The highest BCUT2D eigenvalue weighted by Crippen LogP contribution is 2.28. The molecule has 0 saturated carbocycles. The van der Waals surface area contributed by atoms with Gasteiger partial charge >= 0.3 is 5.97 Å². The van der Waals surface area contributed by atoms with E-state index in [1.165, 1.54) is 22.6 Å². The fraction of sp³-hybridized carbons (Fsp3) is 0.625. The molecule has 1 aliphatic rings. The number of carboxylic acid groups (broad SMARTS) is 1. The van der Waals surface area contributed by atoms with E-state index < -0.39 is 33.9 Å². The molecule has 25 heavy (non-hydrogen) atoms. The summed E-state index contributed by atoms with van der Waals surface area (Å²) in [4.78, 5) is 24.3. The minimum absolute atomic E-state index is 0.124. The van der Waals surface area contributed by atoms with Gasteiger partial charge in [-0.05, 0) is 45.7 Å². The first-order chi connectivity index (χ1) is 11.6. The molecule has 1 fully saturated rings. The molecule has 9 heteroatoms. The lowest BCUT2D eigenvalue weighted by molar-refractivity contribution is -0.142. The van der Waals surface area contributed by atoms with E-state index in [0.29, 0.717) is 23.6 Å². The molecule has 140 valence electrons. The SMILES string of the molecule is Cc1ccc(S(=O)(=O)N2CCCC(C(=O)NC(C)C(C)C(=O)O)C2)s1. The topological polar surface area (TPSA) is 104 Å². The molecule has 3 atom stereocenters. The molecule has 2 heterocycles. The van der Waals surface area contributed by atoms with Crippen molar-refractivity contribution >= 4 is 33.2 Å². The van der Waals surface area contributed by atoms with Crippen LogP contribution in [0.3, 0.4) is 0 Å². The van der Waals surface area contributed by atoms with Gasteiger partial charge in [0.05, 0.1) is 11.8 Å². The Morgan fingerprint density at radius 2 is 2.04 bits per heavy atom. The molecule has 2 N–H and O–H groups in total. The van der Waals surface area contributed by atoms with E-state index in [1.54, 1.807) is 19.1 Å². The first-order valence-electron chi connectivity index (χ1n) is 8.22. The molecule has 7 nitrogen and oxygen atoms in total. The standard InChI is InChI=1S/C16H24N2O5S2/c1-10-6-7-14(24-10)25(22,23)18-8-4-5-13(9-18)15(19)17-12(3)11(2)16(20)21/h6-7,11-13H,4-5,8-9H2,1-3H3,(H,17,19)(H,20,21). The Morgan fingerprint density at radius 1 is 1.36 bits per heavy atom. The highest BCUT2D eigenvalue weighted by Gasteiger charge is 2.35. The summed E-state index contributed by atoms with van der Waals surface area (Å²) in [5.41, 5.74) is 0. The van der Waals surface area contributed by atoms with E-state index in [0.717, 1.165) is 4.88 Å². The molecule has 0 bridgehead atoms. The number of carbonyl (C=O) groups excluding carboxylic acids is 1. The quantitative estimate of drug-likeness (QED) is 0.772. The number of thiophene rings is 1. The average molecular weight is 389 g/mol. The lowest BCUT2D eigenvalue weighted by atomic mass is 9.97. The van der Waals surface area contributed by atoms with Crippen LogP contribution in [0.15, 0.2) is 16.3 Å². The minimum atomic E-state index is -3.59. The first kappa shape index (κ1) is 19.9. The van der Waals surface area contributed by atoms with Crippen LogP contribution in [-0.2, 0) is 19.6 Å². The van der Waals surface area contributed by atoms with Crippen molar-refractivity contribution in [1.29, 1.82) is 0 Å². The predicted molar refractivity (Wildman–Crippen MR) is 94.9 cm³/mol. The summed E-state index contributed by atoms with van der Waals surface area (Å²) in [6.07, 6.45) is 1.19. The monoisotopic (exact) mass is 388 g/mol. The van der Waals surface area contributed by atoms with Crippen LogP contribution in [0, 0.1) is 18.8 Å². The number of hydrogen-bond donors (Lipinski definition) is 2. The Hall–Kier alpha value is -1.45. The molecule has 1 amide bonds. The van der Waals surface area contributed by atoms with Gasteiger partial charge in [0, 0.05) is 24.0 Å². The van der Waals surface area contributed by atoms with E-state index in [1.807, 2.05) is 6.92 Å². The molecule has 2 rings (SSSR count). The third kappa shape index (κ3) is 4.59. The summed E-state index contributed by atoms with van der Waals surface area (Å²) < 4.78 is 27.1. The normalized spacial score (nSPS) is 21.5. The van der Waals surface area contributed by atoms with Crippen LogP contribution in [0.2, 0.25) is 0 Å². The lowest BCUT2D eigenvalue weighted by Gasteiger charge is -2.31. The van der Waals surface area contributed by atoms with Crippen LogP contribution in [0.25, 0.3) is 0 Å². The summed E-state index contributed by atoms with van der Waals surface area (Å²) in [5, 5.41) is 11.7. The first-order valence-corrected chi connectivity index (χ1v) is 10.5. The number of sulfonamides is 1. The van der Waals surface area contributed by atoms with E-state index in [2.05, 4.69) is 5.32 Å². The van der Waals surface area contributed by atoms with Gasteiger partial charge in [-0.25, -0.2) is 8.42 Å². The van der Waals surface area contributed by atoms with Gasteiger partial charge in [-0.1, -0.05) is 0 Å². The van der Waals surface area contributed by atoms with Crippen LogP contribution in [0.4, 0.5) is 0 Å². The Kier molecular flexibility index (Phi) is 6.23. The third-order valence-electron chi connectivity index (χ3n) is 4.57. The van der Waals surface area contributed by atoms with Crippen molar-refractivity contribution in [2.75, 3.05) is 13.1 Å². The number of amides is 1. The zero-order chi connectivity index (χ0) is 18.8. The molecular formula is C16H24N2O5S2. The second-order valence-electron chi connectivity index (χ2n) is 6.49. The summed E-state index contributed by atoms with van der Waals surface area (Å²) in [5.74, 6) is -2.44. The number of aryl methyl sites for hydroxylation is 1. The molecule has 1 aromatic rings. The van der Waals surface area contributed by atoms with Crippen molar-refractivity contribution in [3.8, 4) is 0 Å². The Morgan fingerprint density at radius 3 is 2.60 bits per heavy atom. The summed E-state index contributed by atoms with van der Waals surface area (Å²) in [6, 6.07) is 2.84. The molecule has 1 aliphatic heterocycles. The van der Waals surface area contributed by atoms with Gasteiger partial charge in [0.1, 0.15) is 4.21 Å². The van der Waals surface area contributed by atoms with E-state index in [9.17, 15) is 18.0 Å². The van der Waals surface area contributed by atoms with Crippen LogP contribution in [0.5, 0.6) is 0 Å². The maximum Gasteiger partial charge on any atom is 0.308 e.